The number of aryl methyl sites for hydroxylation is 1. The fourth-order valence-corrected chi connectivity index (χ4v) is 1.85. The van der Waals surface area contributed by atoms with Crippen LogP contribution in [-0.4, -0.2) is 5.91 Å². The van der Waals surface area contributed by atoms with Gasteiger partial charge in [-0.3, -0.25) is 4.79 Å². The van der Waals surface area contributed by atoms with E-state index in [1.807, 2.05) is 67.6 Å². The summed E-state index contributed by atoms with van der Waals surface area (Å²) in [7, 11) is 0. The molecule has 0 aliphatic rings. The topological polar surface area (TPSA) is 52.9 Å². The first-order valence-electron chi connectivity index (χ1n) is 6.69. The van der Waals surface area contributed by atoms with E-state index < -0.39 is 0 Å². The maximum absolute atomic E-state index is 12.0. The first-order valence-corrected chi connectivity index (χ1v) is 6.69. The number of nitriles is 1. The van der Waals surface area contributed by atoms with E-state index in [9.17, 15) is 4.79 Å². The molecular formula is C18H16N2O. The first-order chi connectivity index (χ1) is 10.2. The Hall–Kier alpha value is -2.86. The van der Waals surface area contributed by atoms with E-state index in [2.05, 4.69) is 5.32 Å². The zero-order valence-corrected chi connectivity index (χ0v) is 11.8. The van der Waals surface area contributed by atoms with Crippen molar-refractivity contribution in [3.63, 3.8) is 0 Å². The molecule has 0 aliphatic carbocycles. The highest BCUT2D eigenvalue weighted by molar-refractivity contribution is 6.01. The maximum Gasteiger partial charge on any atom is 0.262 e. The smallest absolute Gasteiger partial charge is 0.262 e. The first kappa shape index (κ1) is 14.5. The second-order valence-electron chi connectivity index (χ2n) is 4.75. The molecule has 0 atom stereocenters. The lowest BCUT2D eigenvalue weighted by molar-refractivity contribution is -0.117. The molecule has 2 aromatic rings. The van der Waals surface area contributed by atoms with Crippen LogP contribution in [0.15, 0.2) is 60.2 Å². The van der Waals surface area contributed by atoms with Gasteiger partial charge in [0.1, 0.15) is 11.6 Å². The summed E-state index contributed by atoms with van der Waals surface area (Å²) in [5.41, 5.74) is 3.08. The largest absolute Gasteiger partial charge is 0.347 e. The van der Waals surface area contributed by atoms with E-state index in [0.717, 1.165) is 16.7 Å². The molecule has 0 heterocycles. The quantitative estimate of drug-likeness (QED) is 0.688. The second kappa shape index (κ2) is 7.06. The Morgan fingerprint density at radius 2 is 1.81 bits per heavy atom. The van der Waals surface area contributed by atoms with Crippen LogP contribution < -0.4 is 5.32 Å². The molecule has 0 bridgehead atoms. The van der Waals surface area contributed by atoms with Gasteiger partial charge in [0, 0.05) is 6.54 Å². The van der Waals surface area contributed by atoms with Gasteiger partial charge in [0.2, 0.25) is 0 Å². The molecule has 0 unspecified atom stereocenters. The number of carbonyl (C=O) groups is 1. The van der Waals surface area contributed by atoms with Gasteiger partial charge in [-0.05, 0) is 24.1 Å². The van der Waals surface area contributed by atoms with Crippen molar-refractivity contribution < 1.29 is 4.79 Å². The van der Waals surface area contributed by atoms with Crippen LogP contribution in [-0.2, 0) is 11.3 Å². The summed E-state index contributed by atoms with van der Waals surface area (Å²) < 4.78 is 0. The van der Waals surface area contributed by atoms with Gasteiger partial charge < -0.3 is 5.32 Å². The molecule has 0 aliphatic heterocycles. The number of benzene rings is 2. The summed E-state index contributed by atoms with van der Waals surface area (Å²) in [6.07, 6.45) is 1.60. The molecule has 0 saturated heterocycles. The summed E-state index contributed by atoms with van der Waals surface area (Å²) in [4.78, 5) is 12.0. The molecular weight excluding hydrogens is 260 g/mol. The van der Waals surface area contributed by atoms with Crippen molar-refractivity contribution in [1.29, 1.82) is 5.26 Å². The van der Waals surface area contributed by atoms with E-state index >= 15 is 0 Å². The number of nitrogens with zero attached hydrogens (tertiary/aromatic N) is 1. The van der Waals surface area contributed by atoms with Crippen LogP contribution >= 0.6 is 0 Å². The number of hydrogen-bond acceptors (Lipinski definition) is 2. The van der Waals surface area contributed by atoms with Crippen LogP contribution in [0.2, 0.25) is 0 Å². The van der Waals surface area contributed by atoms with Gasteiger partial charge in [-0.25, -0.2) is 0 Å². The zero-order chi connectivity index (χ0) is 15.1. The third-order valence-corrected chi connectivity index (χ3v) is 3.05. The van der Waals surface area contributed by atoms with Gasteiger partial charge in [-0.2, -0.15) is 5.26 Å². The van der Waals surface area contributed by atoms with Crippen LogP contribution in [0, 0.1) is 18.3 Å². The Kier molecular flexibility index (Phi) is 4.89. The monoisotopic (exact) mass is 276 g/mol. The van der Waals surface area contributed by atoms with Gasteiger partial charge in [-0.1, -0.05) is 60.2 Å². The number of nitrogens with one attached hydrogen (secondary N) is 1. The molecule has 1 N–H and O–H groups in total. The lowest BCUT2D eigenvalue weighted by Crippen LogP contribution is -2.23. The molecule has 2 rings (SSSR count). The van der Waals surface area contributed by atoms with Gasteiger partial charge in [0.15, 0.2) is 0 Å². The normalized spacial score (nSPS) is 10.8. The average molecular weight is 276 g/mol. The number of rotatable bonds is 4. The molecule has 21 heavy (non-hydrogen) atoms. The van der Waals surface area contributed by atoms with Crippen molar-refractivity contribution in [2.75, 3.05) is 0 Å². The molecule has 3 heteroatoms. The van der Waals surface area contributed by atoms with Crippen molar-refractivity contribution in [2.45, 2.75) is 13.5 Å². The fourth-order valence-electron chi connectivity index (χ4n) is 1.85. The minimum absolute atomic E-state index is 0.106. The molecule has 0 saturated carbocycles. The predicted octanol–water partition coefficient (Wildman–Crippen LogP) is 3.22. The summed E-state index contributed by atoms with van der Waals surface area (Å²) in [6.45, 7) is 2.40. The Bertz CT molecular complexity index is 679. The Labute approximate surface area is 124 Å². The number of hydrogen-bond donors (Lipinski definition) is 1. The van der Waals surface area contributed by atoms with Crippen LogP contribution in [0.25, 0.3) is 6.08 Å². The van der Waals surface area contributed by atoms with Crippen LogP contribution in [0.3, 0.4) is 0 Å². The highest BCUT2D eigenvalue weighted by atomic mass is 16.1. The SMILES string of the molecule is Cc1ccc(/C=C(/C#N)C(=O)NCc2ccccc2)cc1. The van der Waals surface area contributed by atoms with Crippen molar-refractivity contribution in [1.82, 2.24) is 5.32 Å². The van der Waals surface area contributed by atoms with E-state index in [4.69, 9.17) is 5.26 Å². The van der Waals surface area contributed by atoms with Crippen LogP contribution in [0.5, 0.6) is 0 Å². The molecule has 1 amide bonds. The lowest BCUT2D eigenvalue weighted by Gasteiger charge is -2.04. The minimum Gasteiger partial charge on any atom is -0.347 e. The Morgan fingerprint density at radius 1 is 1.14 bits per heavy atom. The summed E-state index contributed by atoms with van der Waals surface area (Å²) >= 11 is 0. The van der Waals surface area contributed by atoms with Crippen LogP contribution in [0.4, 0.5) is 0 Å². The summed E-state index contributed by atoms with van der Waals surface area (Å²) in [6, 6.07) is 19.2. The lowest BCUT2D eigenvalue weighted by atomic mass is 10.1. The van der Waals surface area contributed by atoms with E-state index in [1.54, 1.807) is 6.08 Å². The Balaban J connectivity index is 2.05. The molecule has 0 aromatic heterocycles. The molecule has 2 aromatic carbocycles. The van der Waals surface area contributed by atoms with E-state index in [0.29, 0.717) is 6.54 Å². The van der Waals surface area contributed by atoms with Gasteiger partial charge in [0.05, 0.1) is 0 Å². The molecule has 0 radical (unpaired) electrons. The standard InChI is InChI=1S/C18H16N2O/c1-14-7-9-15(10-8-14)11-17(12-19)18(21)20-13-16-5-3-2-4-6-16/h2-11H,13H2,1H3,(H,20,21)/b17-11-. The second-order valence-corrected chi connectivity index (χ2v) is 4.75. The maximum atomic E-state index is 12.0. The van der Waals surface area contributed by atoms with Crippen molar-refractivity contribution in [3.05, 3.63) is 76.9 Å². The zero-order valence-electron chi connectivity index (χ0n) is 11.8. The molecule has 3 nitrogen and oxygen atoms in total. The summed E-state index contributed by atoms with van der Waals surface area (Å²) in [5, 5.41) is 11.9. The highest BCUT2D eigenvalue weighted by Gasteiger charge is 2.08. The molecule has 0 spiro atoms. The average Bonchev–Trinajstić information content (AvgIpc) is 2.53. The van der Waals surface area contributed by atoms with Crippen LogP contribution in [0.1, 0.15) is 16.7 Å². The van der Waals surface area contributed by atoms with Crippen molar-refractivity contribution >= 4 is 12.0 Å². The van der Waals surface area contributed by atoms with Gasteiger partial charge >= 0.3 is 0 Å². The van der Waals surface area contributed by atoms with E-state index in [-0.39, 0.29) is 11.5 Å². The molecule has 104 valence electrons. The van der Waals surface area contributed by atoms with E-state index in [1.165, 1.54) is 0 Å². The van der Waals surface area contributed by atoms with Gasteiger partial charge in [-0.15, -0.1) is 0 Å². The minimum atomic E-state index is -0.359. The number of carbonyl (C=O) groups excluding carboxylic acids is 1. The van der Waals surface area contributed by atoms with Gasteiger partial charge in [0.25, 0.3) is 5.91 Å². The third-order valence-electron chi connectivity index (χ3n) is 3.05. The molecule has 0 fully saturated rings. The fraction of sp³-hybridized carbons (Fsp3) is 0.111. The number of amides is 1. The summed E-state index contributed by atoms with van der Waals surface area (Å²) in [5.74, 6) is -0.359. The van der Waals surface area contributed by atoms with Crippen molar-refractivity contribution in [2.24, 2.45) is 0 Å². The Morgan fingerprint density at radius 3 is 2.43 bits per heavy atom. The third kappa shape index (κ3) is 4.32. The van der Waals surface area contributed by atoms with Crippen molar-refractivity contribution in [3.8, 4) is 6.07 Å². The highest BCUT2D eigenvalue weighted by Crippen LogP contribution is 2.09. The predicted molar refractivity (Wildman–Crippen MR) is 83.1 cm³/mol.